The lowest BCUT2D eigenvalue weighted by atomic mass is 10.2. The number of carbonyl (C=O) groups excluding carboxylic acids is 1. The molecular weight excluding hydrogens is 270 g/mol. The second-order valence-electron chi connectivity index (χ2n) is 5.30. The molecule has 116 valence electrons. The zero-order valence-electron chi connectivity index (χ0n) is 12.6. The smallest absolute Gasteiger partial charge is 0.251 e. The third-order valence-corrected chi connectivity index (χ3v) is 3.37. The molecule has 1 aliphatic rings. The quantitative estimate of drug-likeness (QED) is 0.835. The molecule has 0 bridgehead atoms. The summed E-state index contributed by atoms with van der Waals surface area (Å²) in [5.41, 5.74) is 0.613. The molecule has 1 aromatic rings. The SMILES string of the molecule is COC[C@@H](C)NC(=O)c1ccc(OC[C@H]2CCCO2)cc1. The molecule has 0 saturated carbocycles. The Kier molecular flexibility index (Phi) is 6.02. The van der Waals surface area contributed by atoms with Crippen molar-refractivity contribution in [2.75, 3.05) is 26.9 Å². The van der Waals surface area contributed by atoms with Gasteiger partial charge in [0.05, 0.1) is 12.7 Å². The standard InChI is InChI=1S/C16H23NO4/c1-12(10-19-2)17-16(18)13-5-7-14(8-6-13)21-11-15-4-3-9-20-15/h5-8,12,15H,3-4,9-11H2,1-2H3,(H,17,18)/t12-,15-/m1/s1. The van der Waals surface area contributed by atoms with Crippen molar-refractivity contribution in [3.05, 3.63) is 29.8 Å². The fourth-order valence-electron chi connectivity index (χ4n) is 2.27. The largest absolute Gasteiger partial charge is 0.491 e. The second kappa shape index (κ2) is 8.00. The van der Waals surface area contributed by atoms with Crippen LogP contribution in [0.1, 0.15) is 30.1 Å². The van der Waals surface area contributed by atoms with Gasteiger partial charge < -0.3 is 19.5 Å². The van der Waals surface area contributed by atoms with Crippen LogP contribution in [0.25, 0.3) is 0 Å². The van der Waals surface area contributed by atoms with Crippen LogP contribution in [0.3, 0.4) is 0 Å². The third-order valence-electron chi connectivity index (χ3n) is 3.37. The summed E-state index contributed by atoms with van der Waals surface area (Å²) < 4.78 is 16.2. The van der Waals surface area contributed by atoms with E-state index in [0.717, 1.165) is 25.2 Å². The number of ether oxygens (including phenoxy) is 3. The molecule has 0 unspecified atom stereocenters. The van der Waals surface area contributed by atoms with E-state index in [-0.39, 0.29) is 18.1 Å². The highest BCUT2D eigenvalue weighted by Gasteiger charge is 2.16. The van der Waals surface area contributed by atoms with Crippen molar-refractivity contribution in [2.24, 2.45) is 0 Å². The van der Waals surface area contributed by atoms with Crippen LogP contribution in [0.5, 0.6) is 5.75 Å². The molecule has 0 radical (unpaired) electrons. The van der Waals surface area contributed by atoms with Crippen LogP contribution in [0.4, 0.5) is 0 Å². The van der Waals surface area contributed by atoms with Gasteiger partial charge in [-0.05, 0) is 44.0 Å². The number of nitrogens with one attached hydrogen (secondary N) is 1. The maximum absolute atomic E-state index is 12.0. The van der Waals surface area contributed by atoms with Gasteiger partial charge in [-0.2, -0.15) is 0 Å². The van der Waals surface area contributed by atoms with Crippen molar-refractivity contribution in [1.29, 1.82) is 0 Å². The van der Waals surface area contributed by atoms with Crippen molar-refractivity contribution >= 4 is 5.91 Å². The molecule has 21 heavy (non-hydrogen) atoms. The Morgan fingerprint density at radius 3 is 2.81 bits per heavy atom. The molecule has 1 aromatic carbocycles. The van der Waals surface area contributed by atoms with E-state index < -0.39 is 0 Å². The van der Waals surface area contributed by atoms with E-state index in [0.29, 0.717) is 18.8 Å². The average Bonchev–Trinajstić information content (AvgIpc) is 2.99. The third kappa shape index (κ3) is 5.02. The van der Waals surface area contributed by atoms with Crippen LogP contribution in [0, 0.1) is 0 Å². The van der Waals surface area contributed by atoms with E-state index in [1.165, 1.54) is 0 Å². The minimum Gasteiger partial charge on any atom is -0.491 e. The van der Waals surface area contributed by atoms with Crippen LogP contribution < -0.4 is 10.1 Å². The lowest BCUT2D eigenvalue weighted by Gasteiger charge is -2.14. The summed E-state index contributed by atoms with van der Waals surface area (Å²) in [4.78, 5) is 12.0. The normalized spacial score (nSPS) is 19.2. The first-order chi connectivity index (χ1) is 10.2. The highest BCUT2D eigenvalue weighted by Crippen LogP contribution is 2.16. The molecular formula is C16H23NO4. The predicted octanol–water partition coefficient (Wildman–Crippen LogP) is 2.01. The van der Waals surface area contributed by atoms with E-state index >= 15 is 0 Å². The molecule has 1 heterocycles. The molecule has 1 fully saturated rings. The van der Waals surface area contributed by atoms with Crippen LogP contribution in [-0.4, -0.2) is 45.0 Å². The molecule has 5 heteroatoms. The highest BCUT2D eigenvalue weighted by atomic mass is 16.5. The fraction of sp³-hybridized carbons (Fsp3) is 0.562. The zero-order valence-corrected chi connectivity index (χ0v) is 12.6. The summed E-state index contributed by atoms with van der Waals surface area (Å²) in [7, 11) is 1.61. The Balaban J connectivity index is 1.81. The van der Waals surface area contributed by atoms with Crippen LogP contribution >= 0.6 is 0 Å². The average molecular weight is 293 g/mol. The topological polar surface area (TPSA) is 56.8 Å². The zero-order chi connectivity index (χ0) is 15.1. The second-order valence-corrected chi connectivity index (χ2v) is 5.30. The summed E-state index contributed by atoms with van der Waals surface area (Å²) >= 11 is 0. The predicted molar refractivity (Wildman–Crippen MR) is 79.7 cm³/mol. The Hall–Kier alpha value is -1.59. The first-order valence-corrected chi connectivity index (χ1v) is 7.33. The van der Waals surface area contributed by atoms with Gasteiger partial charge in [0.2, 0.25) is 0 Å². The van der Waals surface area contributed by atoms with E-state index in [2.05, 4.69) is 5.32 Å². The first-order valence-electron chi connectivity index (χ1n) is 7.33. The fourth-order valence-corrected chi connectivity index (χ4v) is 2.27. The van der Waals surface area contributed by atoms with Crippen molar-refractivity contribution in [3.8, 4) is 5.75 Å². The van der Waals surface area contributed by atoms with E-state index in [4.69, 9.17) is 14.2 Å². The molecule has 5 nitrogen and oxygen atoms in total. The number of amides is 1. The maximum Gasteiger partial charge on any atom is 0.251 e. The Labute approximate surface area is 125 Å². The number of carbonyl (C=O) groups is 1. The van der Waals surface area contributed by atoms with Crippen molar-refractivity contribution in [2.45, 2.75) is 31.9 Å². The molecule has 1 saturated heterocycles. The number of benzene rings is 1. The van der Waals surface area contributed by atoms with E-state index in [1.807, 2.05) is 19.1 Å². The molecule has 0 aromatic heterocycles. The van der Waals surface area contributed by atoms with Gasteiger partial charge in [-0.3, -0.25) is 4.79 Å². The molecule has 0 aliphatic carbocycles. The van der Waals surface area contributed by atoms with Gasteiger partial charge in [-0.25, -0.2) is 0 Å². The number of hydrogen-bond acceptors (Lipinski definition) is 4. The Morgan fingerprint density at radius 1 is 1.43 bits per heavy atom. The lowest BCUT2D eigenvalue weighted by Crippen LogP contribution is -2.35. The summed E-state index contributed by atoms with van der Waals surface area (Å²) in [5, 5.41) is 2.87. The van der Waals surface area contributed by atoms with E-state index in [1.54, 1.807) is 19.2 Å². The Bertz CT molecular complexity index is 440. The van der Waals surface area contributed by atoms with Gasteiger partial charge in [0, 0.05) is 25.3 Å². The van der Waals surface area contributed by atoms with Gasteiger partial charge in [0.1, 0.15) is 12.4 Å². The van der Waals surface area contributed by atoms with Crippen molar-refractivity contribution in [3.63, 3.8) is 0 Å². The molecule has 2 atom stereocenters. The lowest BCUT2D eigenvalue weighted by molar-refractivity contribution is 0.0679. The van der Waals surface area contributed by atoms with Gasteiger partial charge in [0.15, 0.2) is 0 Å². The Morgan fingerprint density at radius 2 is 2.19 bits per heavy atom. The molecule has 1 aliphatic heterocycles. The van der Waals surface area contributed by atoms with Gasteiger partial charge in [-0.1, -0.05) is 0 Å². The first kappa shape index (κ1) is 15.8. The van der Waals surface area contributed by atoms with Crippen LogP contribution in [-0.2, 0) is 9.47 Å². The van der Waals surface area contributed by atoms with Gasteiger partial charge in [-0.15, -0.1) is 0 Å². The summed E-state index contributed by atoms with van der Waals surface area (Å²) in [6.07, 6.45) is 2.35. The summed E-state index contributed by atoms with van der Waals surface area (Å²) in [6, 6.07) is 7.13. The number of methoxy groups -OCH3 is 1. The minimum atomic E-state index is -0.106. The molecule has 1 N–H and O–H groups in total. The molecule has 0 spiro atoms. The van der Waals surface area contributed by atoms with Crippen molar-refractivity contribution in [1.82, 2.24) is 5.32 Å². The monoisotopic (exact) mass is 293 g/mol. The summed E-state index contributed by atoms with van der Waals surface area (Å²) in [5.74, 6) is 0.650. The van der Waals surface area contributed by atoms with E-state index in [9.17, 15) is 4.79 Å². The molecule has 2 rings (SSSR count). The maximum atomic E-state index is 12.0. The highest BCUT2D eigenvalue weighted by molar-refractivity contribution is 5.94. The van der Waals surface area contributed by atoms with Crippen LogP contribution in [0.15, 0.2) is 24.3 Å². The number of rotatable bonds is 7. The minimum absolute atomic E-state index is 0.0158. The van der Waals surface area contributed by atoms with Crippen molar-refractivity contribution < 1.29 is 19.0 Å². The van der Waals surface area contributed by atoms with Gasteiger partial charge >= 0.3 is 0 Å². The molecule has 1 amide bonds. The summed E-state index contributed by atoms with van der Waals surface area (Å²) in [6.45, 7) is 3.79. The van der Waals surface area contributed by atoms with Gasteiger partial charge in [0.25, 0.3) is 5.91 Å². The number of hydrogen-bond donors (Lipinski definition) is 1. The van der Waals surface area contributed by atoms with Crippen LogP contribution in [0.2, 0.25) is 0 Å².